The van der Waals surface area contributed by atoms with E-state index >= 15 is 0 Å². The molecule has 0 fully saturated rings. The molecule has 114 valence electrons. The first-order chi connectivity index (χ1) is 9.96. The summed E-state index contributed by atoms with van der Waals surface area (Å²) in [4.78, 5) is 15.8. The molecular weight excluding hydrogens is 286 g/mol. The van der Waals surface area contributed by atoms with E-state index < -0.39 is 5.60 Å². The van der Waals surface area contributed by atoms with Crippen LogP contribution < -0.4 is 10.6 Å². The highest BCUT2D eigenvalue weighted by atomic mass is 32.1. The van der Waals surface area contributed by atoms with Crippen molar-refractivity contribution in [1.29, 1.82) is 0 Å². The third-order valence-corrected chi connectivity index (χ3v) is 3.58. The summed E-state index contributed by atoms with van der Waals surface area (Å²) < 4.78 is 6.39. The van der Waals surface area contributed by atoms with Gasteiger partial charge in [-0.05, 0) is 44.7 Å². The van der Waals surface area contributed by atoms with Crippen molar-refractivity contribution in [3.05, 3.63) is 23.7 Å². The predicted molar refractivity (Wildman–Crippen MR) is 87.0 cm³/mol. The van der Waals surface area contributed by atoms with E-state index in [9.17, 15) is 4.79 Å². The molecule has 0 saturated heterocycles. The number of rotatable bonds is 5. The van der Waals surface area contributed by atoms with Crippen molar-refractivity contribution < 1.29 is 9.53 Å². The SMILES string of the molecule is CC(C)(C)OC(=O)NCCCNc1nccc2sccc12. The van der Waals surface area contributed by atoms with Gasteiger partial charge < -0.3 is 15.4 Å². The maximum atomic E-state index is 11.5. The Labute approximate surface area is 128 Å². The second-order valence-corrected chi connectivity index (χ2v) is 6.65. The van der Waals surface area contributed by atoms with Gasteiger partial charge in [0, 0.05) is 29.4 Å². The van der Waals surface area contributed by atoms with Crippen molar-refractivity contribution in [1.82, 2.24) is 10.3 Å². The van der Waals surface area contributed by atoms with Gasteiger partial charge in [-0.3, -0.25) is 0 Å². The first kappa shape index (κ1) is 15.6. The average Bonchev–Trinajstić information content (AvgIpc) is 2.85. The van der Waals surface area contributed by atoms with E-state index in [-0.39, 0.29) is 6.09 Å². The quantitative estimate of drug-likeness (QED) is 0.828. The molecule has 0 aliphatic heterocycles. The number of carbonyl (C=O) groups is 1. The standard InChI is InChI=1S/C15H21N3O2S/c1-15(2,3)20-14(19)18-8-4-7-16-13-11-6-10-21-12(11)5-9-17-13/h5-6,9-10H,4,7-8H2,1-3H3,(H,16,17)(H,18,19). The molecule has 5 nitrogen and oxygen atoms in total. The van der Waals surface area contributed by atoms with Crippen molar-refractivity contribution in [3.8, 4) is 0 Å². The van der Waals surface area contributed by atoms with Gasteiger partial charge in [0.05, 0.1) is 0 Å². The number of ether oxygens (including phenoxy) is 1. The number of aromatic nitrogens is 1. The minimum atomic E-state index is -0.457. The van der Waals surface area contributed by atoms with Gasteiger partial charge >= 0.3 is 6.09 Å². The molecule has 2 rings (SSSR count). The second kappa shape index (κ2) is 6.76. The Morgan fingerprint density at radius 1 is 1.33 bits per heavy atom. The fraction of sp³-hybridized carbons (Fsp3) is 0.467. The molecule has 0 spiro atoms. The van der Waals surface area contributed by atoms with Crippen LogP contribution in [0.3, 0.4) is 0 Å². The second-order valence-electron chi connectivity index (χ2n) is 5.70. The molecule has 0 saturated carbocycles. The molecule has 2 aromatic rings. The van der Waals surface area contributed by atoms with E-state index in [1.54, 1.807) is 17.5 Å². The lowest BCUT2D eigenvalue weighted by Crippen LogP contribution is -2.33. The van der Waals surface area contributed by atoms with Crippen LogP contribution in [-0.4, -0.2) is 29.8 Å². The van der Waals surface area contributed by atoms with Crippen molar-refractivity contribution >= 4 is 33.3 Å². The summed E-state index contributed by atoms with van der Waals surface area (Å²) >= 11 is 1.70. The van der Waals surface area contributed by atoms with Crippen LogP contribution in [0, 0.1) is 0 Å². The summed E-state index contributed by atoms with van der Waals surface area (Å²) in [6.45, 7) is 6.86. The minimum absolute atomic E-state index is 0.374. The molecular formula is C15H21N3O2S. The number of fused-ring (bicyclic) bond motifs is 1. The highest BCUT2D eigenvalue weighted by Crippen LogP contribution is 2.25. The van der Waals surface area contributed by atoms with Crippen LogP contribution in [0.5, 0.6) is 0 Å². The summed E-state index contributed by atoms with van der Waals surface area (Å²) in [6, 6.07) is 4.07. The van der Waals surface area contributed by atoms with Gasteiger partial charge in [-0.25, -0.2) is 9.78 Å². The number of hydrogen-bond donors (Lipinski definition) is 2. The molecule has 6 heteroatoms. The predicted octanol–water partition coefficient (Wildman–Crippen LogP) is 3.62. The van der Waals surface area contributed by atoms with Crippen molar-refractivity contribution in [2.75, 3.05) is 18.4 Å². The Morgan fingerprint density at radius 2 is 2.14 bits per heavy atom. The fourth-order valence-electron chi connectivity index (χ4n) is 1.84. The number of amides is 1. The Balaban J connectivity index is 1.71. The first-order valence-electron chi connectivity index (χ1n) is 6.99. The van der Waals surface area contributed by atoms with Crippen LogP contribution in [0.25, 0.3) is 10.1 Å². The highest BCUT2D eigenvalue weighted by Gasteiger charge is 2.15. The molecule has 1 amide bonds. The fourth-order valence-corrected chi connectivity index (χ4v) is 2.62. The van der Waals surface area contributed by atoms with Crippen LogP contribution in [0.15, 0.2) is 23.7 Å². The first-order valence-corrected chi connectivity index (χ1v) is 7.86. The lowest BCUT2D eigenvalue weighted by atomic mass is 10.2. The Kier molecular flexibility index (Phi) is 5.01. The summed E-state index contributed by atoms with van der Waals surface area (Å²) in [6.07, 6.45) is 2.24. The molecule has 2 aromatic heterocycles. The van der Waals surface area contributed by atoms with Gasteiger partial charge in [0.15, 0.2) is 0 Å². The average molecular weight is 307 g/mol. The zero-order valence-corrected chi connectivity index (χ0v) is 13.4. The lowest BCUT2D eigenvalue weighted by Gasteiger charge is -2.19. The van der Waals surface area contributed by atoms with Gasteiger partial charge in [-0.1, -0.05) is 0 Å². The number of alkyl carbamates (subject to hydrolysis) is 1. The van der Waals surface area contributed by atoms with Gasteiger partial charge in [-0.2, -0.15) is 0 Å². The Morgan fingerprint density at radius 3 is 2.90 bits per heavy atom. The molecule has 0 aliphatic rings. The topological polar surface area (TPSA) is 63.2 Å². The number of carbonyl (C=O) groups excluding carboxylic acids is 1. The van der Waals surface area contributed by atoms with E-state index in [4.69, 9.17) is 4.74 Å². The molecule has 0 atom stereocenters. The molecule has 0 aromatic carbocycles. The molecule has 21 heavy (non-hydrogen) atoms. The third-order valence-electron chi connectivity index (χ3n) is 2.69. The van der Waals surface area contributed by atoms with E-state index in [0.717, 1.165) is 24.2 Å². The normalized spacial score (nSPS) is 11.4. The lowest BCUT2D eigenvalue weighted by molar-refractivity contribution is 0.0528. The highest BCUT2D eigenvalue weighted by molar-refractivity contribution is 7.17. The molecule has 2 N–H and O–H groups in total. The van der Waals surface area contributed by atoms with Crippen LogP contribution in [0.1, 0.15) is 27.2 Å². The number of hydrogen-bond acceptors (Lipinski definition) is 5. The van der Waals surface area contributed by atoms with Gasteiger partial charge in [0.2, 0.25) is 0 Å². The van der Waals surface area contributed by atoms with Crippen molar-refractivity contribution in [2.45, 2.75) is 32.8 Å². The zero-order valence-electron chi connectivity index (χ0n) is 12.6. The smallest absolute Gasteiger partial charge is 0.407 e. The molecule has 0 aliphatic carbocycles. The van der Waals surface area contributed by atoms with Crippen LogP contribution in [0.4, 0.5) is 10.6 Å². The molecule has 2 heterocycles. The maximum absolute atomic E-state index is 11.5. The van der Waals surface area contributed by atoms with E-state index in [2.05, 4.69) is 27.1 Å². The van der Waals surface area contributed by atoms with Crippen LogP contribution in [0.2, 0.25) is 0 Å². The van der Waals surface area contributed by atoms with Crippen LogP contribution in [-0.2, 0) is 4.74 Å². The number of thiophene rings is 1. The van der Waals surface area contributed by atoms with Gasteiger partial charge in [0.25, 0.3) is 0 Å². The van der Waals surface area contributed by atoms with E-state index in [1.807, 2.05) is 26.8 Å². The molecule has 0 radical (unpaired) electrons. The molecule has 0 unspecified atom stereocenters. The third kappa shape index (κ3) is 4.90. The number of anilines is 1. The number of nitrogens with one attached hydrogen (secondary N) is 2. The number of pyridine rings is 1. The summed E-state index contributed by atoms with van der Waals surface area (Å²) in [5.41, 5.74) is -0.457. The summed E-state index contributed by atoms with van der Waals surface area (Å²) in [5.74, 6) is 0.894. The van der Waals surface area contributed by atoms with Crippen LogP contribution >= 0.6 is 11.3 Å². The maximum Gasteiger partial charge on any atom is 0.407 e. The Hall–Kier alpha value is -1.82. The molecule has 0 bridgehead atoms. The van der Waals surface area contributed by atoms with E-state index in [1.165, 1.54) is 4.70 Å². The van der Waals surface area contributed by atoms with E-state index in [0.29, 0.717) is 6.54 Å². The summed E-state index contributed by atoms with van der Waals surface area (Å²) in [7, 11) is 0. The van der Waals surface area contributed by atoms with Gasteiger partial charge in [0.1, 0.15) is 11.4 Å². The van der Waals surface area contributed by atoms with Crippen molar-refractivity contribution in [2.24, 2.45) is 0 Å². The number of nitrogens with zero attached hydrogens (tertiary/aromatic N) is 1. The van der Waals surface area contributed by atoms with Gasteiger partial charge in [-0.15, -0.1) is 11.3 Å². The summed E-state index contributed by atoms with van der Waals surface area (Å²) in [5, 5.41) is 9.24. The van der Waals surface area contributed by atoms with Crippen molar-refractivity contribution in [3.63, 3.8) is 0 Å². The monoisotopic (exact) mass is 307 g/mol. The Bertz CT molecular complexity index is 604. The largest absolute Gasteiger partial charge is 0.444 e. The minimum Gasteiger partial charge on any atom is -0.444 e. The zero-order chi connectivity index (χ0) is 15.3.